The summed E-state index contributed by atoms with van der Waals surface area (Å²) < 4.78 is 5.65. The second-order valence-corrected chi connectivity index (χ2v) is 13.8. The smallest absolute Gasteiger partial charge is 0.250 e. The lowest BCUT2D eigenvalue weighted by atomic mass is 9.47. The average molecular weight is 512 g/mol. The van der Waals surface area contributed by atoms with Crippen molar-refractivity contribution in [2.24, 2.45) is 51.8 Å². The monoisotopic (exact) mass is 511 g/mol. The largest absolute Gasteiger partial charge is 0.394 e. The van der Waals surface area contributed by atoms with E-state index in [1.54, 1.807) is 5.57 Å². The van der Waals surface area contributed by atoms with Crippen LogP contribution in [-0.4, -0.2) is 34.4 Å². The predicted molar refractivity (Wildman–Crippen MR) is 145 cm³/mol. The van der Waals surface area contributed by atoms with Crippen molar-refractivity contribution in [3.8, 4) is 0 Å². The Balaban J connectivity index is 0.000000795. The average Bonchev–Trinajstić information content (AvgIpc) is 3.16. The SMILES string of the molecule is CC(C)CCC[C@@H](C)[C@H]1CCC2C3CC=C4CC(OP(N)O)CC[C@]4(C)C3CC[C@@]21C.OCCO. The summed E-state index contributed by atoms with van der Waals surface area (Å²) in [5.41, 5.74) is 8.08. The van der Waals surface area contributed by atoms with E-state index in [4.69, 9.17) is 20.2 Å². The number of aliphatic hydroxyl groups excluding tert-OH is 2. The van der Waals surface area contributed by atoms with E-state index in [1.807, 2.05) is 0 Å². The molecule has 0 heterocycles. The highest BCUT2D eigenvalue weighted by molar-refractivity contribution is 7.43. The molecule has 5 nitrogen and oxygen atoms in total. The van der Waals surface area contributed by atoms with Crippen LogP contribution in [0.5, 0.6) is 0 Å². The molecule has 4 rings (SSSR count). The highest BCUT2D eigenvalue weighted by Crippen LogP contribution is 2.67. The molecule has 0 aromatic rings. The van der Waals surface area contributed by atoms with E-state index in [0.29, 0.717) is 10.8 Å². The third-order valence-electron chi connectivity index (χ3n) is 10.6. The van der Waals surface area contributed by atoms with Crippen molar-refractivity contribution in [2.45, 2.75) is 111 Å². The van der Waals surface area contributed by atoms with Gasteiger partial charge in [0.2, 0.25) is 8.53 Å². The number of fused-ring (bicyclic) bond motifs is 5. The molecule has 4 aliphatic rings. The lowest BCUT2D eigenvalue weighted by Crippen LogP contribution is -2.51. The number of rotatable bonds is 8. The standard InChI is InChI=1S/C27H48NO2P.C2H6O2/c1-18(2)7-6-8-19(3)23-11-12-24-22-10-9-20-17-21(30-31(28)29)13-15-26(20,4)25(22)14-16-27(23,24)5;3-1-2-4/h9,18-19,21-25,29H,6-8,10-17,28H2,1-5H3;3-4H,1-2H2/t19-,21?,22?,23-,24?,25?,26+,27-,31?;/m1./s1. The van der Waals surface area contributed by atoms with Gasteiger partial charge in [-0.3, -0.25) is 5.50 Å². The zero-order chi connectivity index (χ0) is 25.8. The van der Waals surface area contributed by atoms with Gasteiger partial charge in [0.05, 0.1) is 19.3 Å². The van der Waals surface area contributed by atoms with E-state index in [1.165, 1.54) is 57.8 Å². The number of hydrogen-bond acceptors (Lipinski definition) is 5. The summed E-state index contributed by atoms with van der Waals surface area (Å²) in [6.07, 6.45) is 17.2. The van der Waals surface area contributed by atoms with Crippen LogP contribution in [0.4, 0.5) is 0 Å². The maximum absolute atomic E-state index is 9.53. The predicted octanol–water partition coefficient (Wildman–Crippen LogP) is 6.56. The molecule has 3 saturated carbocycles. The van der Waals surface area contributed by atoms with Crippen molar-refractivity contribution in [2.75, 3.05) is 13.2 Å². The lowest BCUT2D eigenvalue weighted by molar-refractivity contribution is -0.0558. The third-order valence-corrected chi connectivity index (χ3v) is 11.1. The molecule has 4 aliphatic carbocycles. The fourth-order valence-corrected chi connectivity index (χ4v) is 9.38. The van der Waals surface area contributed by atoms with Gasteiger partial charge in [-0.15, -0.1) is 0 Å². The number of allylic oxidation sites excluding steroid dienone is 1. The Morgan fingerprint density at radius 3 is 2.37 bits per heavy atom. The Kier molecular flexibility index (Phi) is 10.7. The fraction of sp³-hybridized carbons (Fsp3) is 0.931. The first-order valence-corrected chi connectivity index (χ1v) is 15.7. The van der Waals surface area contributed by atoms with Crippen LogP contribution in [0.1, 0.15) is 105 Å². The molecule has 6 heteroatoms. The fourth-order valence-electron chi connectivity index (χ4n) is 8.89. The summed E-state index contributed by atoms with van der Waals surface area (Å²) in [5.74, 6) is 5.29. The highest BCUT2D eigenvalue weighted by Gasteiger charge is 2.59. The summed E-state index contributed by atoms with van der Waals surface area (Å²) in [6, 6.07) is 0. The van der Waals surface area contributed by atoms with Gasteiger partial charge in [-0.2, -0.15) is 0 Å². The maximum atomic E-state index is 9.53. The lowest BCUT2D eigenvalue weighted by Gasteiger charge is -2.58. The van der Waals surface area contributed by atoms with Crippen molar-refractivity contribution in [1.82, 2.24) is 0 Å². The number of aliphatic hydroxyl groups is 2. The summed E-state index contributed by atoms with van der Waals surface area (Å²) in [5, 5.41) is 15.2. The van der Waals surface area contributed by atoms with Gasteiger partial charge < -0.3 is 19.6 Å². The Bertz CT molecular complexity index is 698. The minimum Gasteiger partial charge on any atom is -0.394 e. The normalized spacial score (nSPS) is 40.1. The summed E-state index contributed by atoms with van der Waals surface area (Å²) in [4.78, 5) is 9.53. The molecule has 0 spiro atoms. The summed E-state index contributed by atoms with van der Waals surface area (Å²) >= 11 is 0. The van der Waals surface area contributed by atoms with Crippen molar-refractivity contribution in [3.05, 3.63) is 11.6 Å². The second-order valence-electron chi connectivity index (χ2n) is 13.0. The van der Waals surface area contributed by atoms with E-state index in [0.717, 1.165) is 48.3 Å². The van der Waals surface area contributed by atoms with Gasteiger partial charge in [0.15, 0.2) is 0 Å². The third kappa shape index (κ3) is 6.52. The quantitative estimate of drug-likeness (QED) is 0.219. The van der Waals surface area contributed by atoms with Gasteiger partial charge in [0, 0.05) is 0 Å². The van der Waals surface area contributed by atoms with Gasteiger partial charge in [-0.25, -0.2) is 0 Å². The molecule has 3 fully saturated rings. The van der Waals surface area contributed by atoms with Crippen LogP contribution in [0.2, 0.25) is 0 Å². The number of nitrogens with two attached hydrogens (primary N) is 1. The van der Waals surface area contributed by atoms with Crippen LogP contribution in [-0.2, 0) is 4.52 Å². The topological polar surface area (TPSA) is 95.9 Å². The van der Waals surface area contributed by atoms with Crippen molar-refractivity contribution in [1.29, 1.82) is 0 Å². The van der Waals surface area contributed by atoms with Crippen molar-refractivity contribution < 1.29 is 19.6 Å². The van der Waals surface area contributed by atoms with Crippen LogP contribution in [0.15, 0.2) is 11.6 Å². The molecule has 5 N–H and O–H groups in total. The molecule has 0 aromatic carbocycles. The Hall–Kier alpha value is -0.0300. The van der Waals surface area contributed by atoms with Crippen molar-refractivity contribution in [3.63, 3.8) is 0 Å². The molecule has 0 bridgehead atoms. The zero-order valence-electron chi connectivity index (χ0n) is 23.1. The minimum atomic E-state index is -1.74. The summed E-state index contributed by atoms with van der Waals surface area (Å²) in [7, 11) is -1.74. The van der Waals surface area contributed by atoms with Gasteiger partial charge in [-0.1, -0.05) is 65.5 Å². The molecule has 5 unspecified atom stereocenters. The van der Waals surface area contributed by atoms with Gasteiger partial charge >= 0.3 is 0 Å². The summed E-state index contributed by atoms with van der Waals surface area (Å²) in [6.45, 7) is 12.3. The molecule has 0 saturated heterocycles. The first kappa shape index (κ1) is 29.5. The molecule has 35 heavy (non-hydrogen) atoms. The van der Waals surface area contributed by atoms with Crippen molar-refractivity contribution >= 4 is 8.53 Å². The first-order valence-electron chi connectivity index (χ1n) is 14.4. The number of hydrogen-bond donors (Lipinski definition) is 4. The van der Waals surface area contributed by atoms with E-state index in [2.05, 4.69) is 40.7 Å². The van der Waals surface area contributed by atoms with Crippen LogP contribution in [0.3, 0.4) is 0 Å². The van der Waals surface area contributed by atoms with E-state index in [9.17, 15) is 4.89 Å². The van der Waals surface area contributed by atoms with Crippen LogP contribution < -0.4 is 5.50 Å². The maximum Gasteiger partial charge on any atom is 0.250 e. The molecular formula is C29H54NO4P. The van der Waals surface area contributed by atoms with Gasteiger partial charge in [0.25, 0.3) is 0 Å². The minimum absolute atomic E-state index is 0.119. The second kappa shape index (κ2) is 12.7. The Morgan fingerprint density at radius 2 is 1.74 bits per heavy atom. The van der Waals surface area contributed by atoms with E-state index >= 15 is 0 Å². The first-order chi connectivity index (χ1) is 16.6. The van der Waals surface area contributed by atoms with Crippen LogP contribution >= 0.6 is 8.53 Å². The molecular weight excluding hydrogens is 457 g/mol. The van der Waals surface area contributed by atoms with Crippen LogP contribution in [0, 0.1) is 46.3 Å². The van der Waals surface area contributed by atoms with E-state index < -0.39 is 8.53 Å². The molecule has 204 valence electrons. The Labute approximate surface area is 216 Å². The Morgan fingerprint density at radius 1 is 1.03 bits per heavy atom. The van der Waals surface area contributed by atoms with Gasteiger partial charge in [-0.05, 0) is 97.7 Å². The van der Waals surface area contributed by atoms with Crippen LogP contribution in [0.25, 0.3) is 0 Å². The molecule has 0 aromatic heterocycles. The molecule has 0 amide bonds. The molecule has 0 radical (unpaired) electrons. The molecule has 0 aliphatic heterocycles. The zero-order valence-corrected chi connectivity index (χ0v) is 24.0. The van der Waals surface area contributed by atoms with Gasteiger partial charge in [0.1, 0.15) is 0 Å². The highest BCUT2D eigenvalue weighted by atomic mass is 31.2. The van der Waals surface area contributed by atoms with E-state index in [-0.39, 0.29) is 19.3 Å². The molecule has 9 atom stereocenters.